The third kappa shape index (κ3) is 4.64. The first-order valence-electron chi connectivity index (χ1n) is 7.91. The number of thioether (sulfide) groups is 1. The van der Waals surface area contributed by atoms with Crippen LogP contribution in [0.5, 0.6) is 0 Å². The average molecular weight is 298 g/mol. The van der Waals surface area contributed by atoms with Crippen molar-refractivity contribution in [3.63, 3.8) is 0 Å². The summed E-state index contributed by atoms with van der Waals surface area (Å²) in [6, 6.07) is 8.88. The summed E-state index contributed by atoms with van der Waals surface area (Å²) in [5, 5.41) is 0. The highest BCUT2D eigenvalue weighted by molar-refractivity contribution is 8.03. The summed E-state index contributed by atoms with van der Waals surface area (Å²) in [6.07, 6.45) is 10.6. The van der Waals surface area contributed by atoms with Crippen LogP contribution < -0.4 is 0 Å². The van der Waals surface area contributed by atoms with Crippen molar-refractivity contribution < 1.29 is 0 Å². The minimum absolute atomic E-state index is 0.610. The number of hydrogen-bond donors (Lipinski definition) is 0. The molecule has 0 radical (unpaired) electrons. The van der Waals surface area contributed by atoms with Crippen molar-refractivity contribution >= 4 is 11.8 Å². The van der Waals surface area contributed by atoms with E-state index in [0.717, 1.165) is 0 Å². The molecule has 0 saturated carbocycles. The molecule has 0 nitrogen and oxygen atoms in total. The summed E-state index contributed by atoms with van der Waals surface area (Å²) in [7, 11) is 0. The fraction of sp³-hybridized carbons (Fsp3) is 0.400. The average Bonchev–Trinajstić information content (AvgIpc) is 2.44. The van der Waals surface area contributed by atoms with Crippen LogP contribution in [0.4, 0.5) is 0 Å². The molecule has 1 aromatic carbocycles. The lowest BCUT2D eigenvalue weighted by Gasteiger charge is -2.22. The van der Waals surface area contributed by atoms with E-state index in [0.29, 0.717) is 5.92 Å². The smallest absolute Gasteiger partial charge is 0.0183 e. The fourth-order valence-corrected chi connectivity index (χ4v) is 3.79. The Hall–Kier alpha value is -1.21. The maximum absolute atomic E-state index is 2.44. The lowest BCUT2D eigenvalue weighted by molar-refractivity contribution is 0.761. The van der Waals surface area contributed by atoms with Crippen molar-refractivity contribution in [3.05, 3.63) is 64.1 Å². The van der Waals surface area contributed by atoms with Gasteiger partial charge in [-0.3, -0.25) is 0 Å². The van der Waals surface area contributed by atoms with E-state index in [1.807, 2.05) is 11.8 Å². The lowest BCUT2D eigenvalue weighted by atomic mass is 9.92. The van der Waals surface area contributed by atoms with E-state index in [1.54, 1.807) is 0 Å². The van der Waals surface area contributed by atoms with E-state index in [2.05, 4.69) is 70.2 Å². The molecule has 0 N–H and O–H groups in total. The molecule has 0 aromatic heterocycles. The number of hydrogen-bond acceptors (Lipinski definition) is 1. The number of allylic oxidation sites excluding steroid dienone is 5. The molecule has 112 valence electrons. The van der Waals surface area contributed by atoms with Gasteiger partial charge in [-0.25, -0.2) is 0 Å². The van der Waals surface area contributed by atoms with Crippen LogP contribution in [0.3, 0.4) is 0 Å². The highest BCUT2D eigenvalue weighted by atomic mass is 32.2. The first-order chi connectivity index (χ1) is 10.1. The fourth-order valence-electron chi connectivity index (χ4n) is 2.68. The van der Waals surface area contributed by atoms with E-state index in [9.17, 15) is 0 Å². The molecule has 0 saturated heterocycles. The quantitative estimate of drug-likeness (QED) is 0.597. The molecule has 1 aliphatic rings. The maximum atomic E-state index is 2.44. The Balaban J connectivity index is 2.37. The van der Waals surface area contributed by atoms with Crippen LogP contribution in [0, 0.1) is 12.8 Å². The minimum Gasteiger partial charge on any atom is -0.0895 e. The second kappa shape index (κ2) is 7.70. The Morgan fingerprint density at radius 1 is 1.10 bits per heavy atom. The summed E-state index contributed by atoms with van der Waals surface area (Å²) in [5.74, 6) is 0.610. The Bertz CT molecular complexity index is 556. The predicted octanol–water partition coefficient (Wildman–Crippen LogP) is 6.68. The second-order valence-corrected chi connectivity index (χ2v) is 7.14. The summed E-state index contributed by atoms with van der Waals surface area (Å²) < 4.78 is 0. The van der Waals surface area contributed by atoms with Gasteiger partial charge in [-0.15, -0.1) is 0 Å². The molecule has 0 spiro atoms. The van der Waals surface area contributed by atoms with Gasteiger partial charge < -0.3 is 0 Å². The molecule has 1 heteroatoms. The summed E-state index contributed by atoms with van der Waals surface area (Å²) in [4.78, 5) is 2.83. The van der Waals surface area contributed by atoms with E-state index in [4.69, 9.17) is 0 Å². The van der Waals surface area contributed by atoms with Gasteiger partial charge in [0.1, 0.15) is 0 Å². The normalized spacial score (nSPS) is 18.2. The molecule has 0 bridgehead atoms. The van der Waals surface area contributed by atoms with Crippen molar-refractivity contribution in [2.75, 3.05) is 0 Å². The lowest BCUT2D eigenvalue weighted by Crippen LogP contribution is -2.01. The monoisotopic (exact) mass is 298 g/mol. The third-order valence-electron chi connectivity index (χ3n) is 3.62. The number of aryl methyl sites for hydroxylation is 1. The van der Waals surface area contributed by atoms with Crippen molar-refractivity contribution in [3.8, 4) is 0 Å². The highest BCUT2D eigenvalue weighted by Crippen LogP contribution is 2.41. The first kappa shape index (κ1) is 16.2. The standard InChI is InChI=1S/C20H26S/c1-5-7-17-8-6-9-18(14-15(2)3)20(17)21-19-12-10-16(4)11-13-19/h5,7,10-15H,6,8-9H2,1-4H3/b7-5+,18-14+. The van der Waals surface area contributed by atoms with Gasteiger partial charge >= 0.3 is 0 Å². The Kier molecular flexibility index (Phi) is 5.93. The van der Waals surface area contributed by atoms with Gasteiger partial charge in [0.25, 0.3) is 0 Å². The molecule has 0 fully saturated rings. The molecule has 1 aromatic rings. The topological polar surface area (TPSA) is 0 Å². The SMILES string of the molecule is C/C=C/C1=C(Sc2ccc(C)cc2)C(=C/C(C)C)/CCC1. The van der Waals surface area contributed by atoms with Crippen molar-refractivity contribution in [2.45, 2.75) is 51.9 Å². The second-order valence-electron chi connectivity index (χ2n) is 6.06. The first-order valence-corrected chi connectivity index (χ1v) is 8.73. The molecule has 1 aliphatic carbocycles. The van der Waals surface area contributed by atoms with Gasteiger partial charge in [0.15, 0.2) is 0 Å². The van der Waals surface area contributed by atoms with Gasteiger partial charge in [0.05, 0.1) is 0 Å². The zero-order chi connectivity index (χ0) is 15.2. The third-order valence-corrected chi connectivity index (χ3v) is 4.86. The molecular weight excluding hydrogens is 272 g/mol. The Morgan fingerprint density at radius 3 is 2.43 bits per heavy atom. The van der Waals surface area contributed by atoms with Crippen LogP contribution >= 0.6 is 11.8 Å². The van der Waals surface area contributed by atoms with Gasteiger partial charge in [0, 0.05) is 9.80 Å². The number of benzene rings is 1. The molecule has 0 atom stereocenters. The van der Waals surface area contributed by atoms with Gasteiger partial charge in [-0.2, -0.15) is 0 Å². The van der Waals surface area contributed by atoms with Gasteiger partial charge in [-0.1, -0.05) is 61.5 Å². The highest BCUT2D eigenvalue weighted by Gasteiger charge is 2.17. The van der Waals surface area contributed by atoms with E-state index in [-0.39, 0.29) is 0 Å². The number of rotatable bonds is 4. The Labute approximate surface area is 134 Å². The van der Waals surface area contributed by atoms with Crippen molar-refractivity contribution in [1.82, 2.24) is 0 Å². The van der Waals surface area contributed by atoms with Crippen molar-refractivity contribution in [1.29, 1.82) is 0 Å². The van der Waals surface area contributed by atoms with Crippen LogP contribution in [0.25, 0.3) is 0 Å². The molecule has 2 rings (SSSR count). The minimum atomic E-state index is 0.610. The van der Waals surface area contributed by atoms with Crippen LogP contribution in [-0.2, 0) is 0 Å². The molecule has 0 heterocycles. The summed E-state index contributed by atoms with van der Waals surface area (Å²) in [5.41, 5.74) is 4.36. The summed E-state index contributed by atoms with van der Waals surface area (Å²) >= 11 is 1.93. The van der Waals surface area contributed by atoms with Crippen molar-refractivity contribution in [2.24, 2.45) is 5.92 Å². The van der Waals surface area contributed by atoms with E-state index < -0.39 is 0 Å². The molecular formula is C20H26S. The molecule has 0 amide bonds. The van der Waals surface area contributed by atoms with Gasteiger partial charge in [-0.05, 0) is 62.3 Å². The zero-order valence-electron chi connectivity index (χ0n) is 13.6. The van der Waals surface area contributed by atoms with Crippen LogP contribution in [0.1, 0.15) is 45.6 Å². The zero-order valence-corrected chi connectivity index (χ0v) is 14.5. The van der Waals surface area contributed by atoms with E-state index >= 15 is 0 Å². The Morgan fingerprint density at radius 2 is 1.81 bits per heavy atom. The van der Waals surface area contributed by atoms with Gasteiger partial charge in [0.2, 0.25) is 0 Å². The van der Waals surface area contributed by atoms with E-state index in [1.165, 1.54) is 45.8 Å². The predicted molar refractivity (Wildman–Crippen MR) is 95.6 cm³/mol. The van der Waals surface area contributed by atoms with Crippen LogP contribution in [0.2, 0.25) is 0 Å². The molecule has 0 unspecified atom stereocenters. The maximum Gasteiger partial charge on any atom is 0.0183 e. The summed E-state index contributed by atoms with van der Waals surface area (Å²) in [6.45, 7) is 8.79. The largest absolute Gasteiger partial charge is 0.0895 e. The molecule has 21 heavy (non-hydrogen) atoms. The van der Waals surface area contributed by atoms with Crippen LogP contribution in [0.15, 0.2) is 63.4 Å². The molecule has 0 aliphatic heterocycles. The van der Waals surface area contributed by atoms with Crippen LogP contribution in [-0.4, -0.2) is 0 Å².